The average Bonchev–Trinajstić information content (AvgIpc) is 2.75. The van der Waals surface area contributed by atoms with Crippen molar-refractivity contribution in [1.29, 1.82) is 0 Å². The number of carbonyl (C=O) groups is 2. The zero-order valence-electron chi connectivity index (χ0n) is 16.9. The minimum atomic E-state index is -0.675. The number of amides is 2. The molecule has 7 nitrogen and oxygen atoms in total. The highest BCUT2D eigenvalue weighted by molar-refractivity contribution is 8.00. The van der Waals surface area contributed by atoms with E-state index in [9.17, 15) is 14.0 Å². The fourth-order valence-corrected chi connectivity index (χ4v) is 4.29. The smallest absolute Gasteiger partial charge is 0.247 e. The van der Waals surface area contributed by atoms with Crippen LogP contribution in [-0.2, 0) is 16.0 Å². The fraction of sp³-hybridized carbons (Fsp3) is 0.333. The summed E-state index contributed by atoms with van der Waals surface area (Å²) in [6, 6.07) is 8.62. The Balaban J connectivity index is 1.63. The summed E-state index contributed by atoms with van der Waals surface area (Å²) in [7, 11) is 4.47. The molecule has 1 saturated heterocycles. The normalized spacial score (nSPS) is 18.3. The average molecular weight is 434 g/mol. The number of methoxy groups -OCH3 is 3. The first-order chi connectivity index (χ1) is 14.4. The molecular weight excluding hydrogens is 411 g/mol. The number of hydrogen-bond donors (Lipinski definition) is 2. The van der Waals surface area contributed by atoms with Crippen LogP contribution in [-0.4, -0.2) is 50.2 Å². The first-order valence-electron chi connectivity index (χ1n) is 9.22. The molecule has 3 rings (SSSR count). The second-order valence-electron chi connectivity index (χ2n) is 6.62. The summed E-state index contributed by atoms with van der Waals surface area (Å²) in [6.07, 6.45) is 0.470. The quantitative estimate of drug-likeness (QED) is 0.697. The summed E-state index contributed by atoms with van der Waals surface area (Å²) in [5.74, 6) is 0.785. The van der Waals surface area contributed by atoms with E-state index in [1.807, 2.05) is 0 Å². The Morgan fingerprint density at radius 2 is 1.77 bits per heavy atom. The second kappa shape index (κ2) is 9.71. The summed E-state index contributed by atoms with van der Waals surface area (Å²) in [5, 5.41) is 5.21. The van der Waals surface area contributed by atoms with E-state index >= 15 is 0 Å². The summed E-state index contributed by atoms with van der Waals surface area (Å²) < 4.78 is 28.9. The number of ether oxygens (including phenoxy) is 3. The summed E-state index contributed by atoms with van der Waals surface area (Å²) in [6.45, 7) is 0. The number of thioether (sulfide) groups is 1. The molecule has 0 saturated carbocycles. The Morgan fingerprint density at radius 1 is 1.13 bits per heavy atom. The molecule has 0 aromatic heterocycles. The van der Waals surface area contributed by atoms with Crippen molar-refractivity contribution in [2.24, 2.45) is 0 Å². The van der Waals surface area contributed by atoms with Crippen LogP contribution in [0.5, 0.6) is 17.2 Å². The number of benzene rings is 2. The third-order valence-electron chi connectivity index (χ3n) is 4.66. The van der Waals surface area contributed by atoms with Crippen LogP contribution in [0.4, 0.5) is 10.1 Å². The van der Waals surface area contributed by atoms with Crippen molar-refractivity contribution < 1.29 is 28.2 Å². The number of nitrogens with one attached hydrogen (secondary N) is 2. The van der Waals surface area contributed by atoms with Crippen LogP contribution in [0.25, 0.3) is 0 Å². The van der Waals surface area contributed by atoms with Crippen molar-refractivity contribution >= 4 is 29.3 Å². The van der Waals surface area contributed by atoms with Gasteiger partial charge in [0.15, 0.2) is 11.5 Å². The molecule has 2 aromatic rings. The maximum atomic E-state index is 13.0. The minimum Gasteiger partial charge on any atom is -0.493 e. The highest BCUT2D eigenvalue weighted by atomic mass is 32.2. The maximum absolute atomic E-state index is 13.0. The molecule has 1 aliphatic rings. The van der Waals surface area contributed by atoms with E-state index in [1.165, 1.54) is 45.2 Å². The number of rotatable bonds is 7. The first kappa shape index (κ1) is 21.8. The minimum absolute atomic E-state index is 0.222. The van der Waals surface area contributed by atoms with Gasteiger partial charge in [0.25, 0.3) is 0 Å². The van der Waals surface area contributed by atoms with Crippen molar-refractivity contribution in [1.82, 2.24) is 5.32 Å². The summed E-state index contributed by atoms with van der Waals surface area (Å²) in [4.78, 5) is 25.2. The molecule has 0 aliphatic carbocycles. The molecule has 2 N–H and O–H groups in total. The van der Waals surface area contributed by atoms with Crippen molar-refractivity contribution in [2.45, 2.75) is 17.7 Å². The third kappa shape index (κ3) is 4.96. The lowest BCUT2D eigenvalue weighted by atomic mass is 10.1. The van der Waals surface area contributed by atoms with E-state index in [-0.39, 0.29) is 22.9 Å². The molecule has 0 bridgehead atoms. The van der Waals surface area contributed by atoms with Gasteiger partial charge in [-0.25, -0.2) is 4.39 Å². The maximum Gasteiger partial charge on any atom is 0.247 e. The lowest BCUT2D eigenvalue weighted by Crippen LogP contribution is -2.52. The molecular formula is C21H23FN2O5S. The molecule has 1 aliphatic heterocycles. The van der Waals surface area contributed by atoms with Crippen molar-refractivity contribution in [3.05, 3.63) is 47.8 Å². The van der Waals surface area contributed by atoms with Crippen LogP contribution in [0.3, 0.4) is 0 Å². The molecule has 0 spiro atoms. The van der Waals surface area contributed by atoms with Gasteiger partial charge in [-0.1, -0.05) is 12.1 Å². The van der Waals surface area contributed by atoms with Gasteiger partial charge in [0, 0.05) is 23.6 Å². The Bertz CT molecular complexity index is 897. The molecule has 30 heavy (non-hydrogen) atoms. The summed E-state index contributed by atoms with van der Waals surface area (Å²) in [5.41, 5.74) is 1.33. The predicted molar refractivity (Wildman–Crippen MR) is 113 cm³/mol. The lowest BCUT2D eigenvalue weighted by Gasteiger charge is -2.28. The standard InChI is InChI=1S/C21H23FN2O5S/c1-27-16-9-14(10-17(28-2)19(16)29-3)23-20(25)15-11-30-18(21(26)24-15)8-12-4-6-13(22)7-5-12/h4-7,9-10,15,18H,8,11H2,1-3H3,(H,23,25)(H,24,26)/t15-,18+/m1/s1. The fourth-order valence-electron chi connectivity index (χ4n) is 3.10. The Hall–Kier alpha value is -2.94. The van der Waals surface area contributed by atoms with Crippen LogP contribution in [0.15, 0.2) is 36.4 Å². The zero-order valence-corrected chi connectivity index (χ0v) is 17.7. The van der Waals surface area contributed by atoms with Gasteiger partial charge in [-0.2, -0.15) is 0 Å². The van der Waals surface area contributed by atoms with Gasteiger partial charge in [-0.15, -0.1) is 11.8 Å². The van der Waals surface area contributed by atoms with E-state index in [0.717, 1.165) is 5.56 Å². The van der Waals surface area contributed by atoms with E-state index in [0.29, 0.717) is 35.1 Å². The monoisotopic (exact) mass is 434 g/mol. The predicted octanol–water partition coefficient (Wildman–Crippen LogP) is 2.63. The van der Waals surface area contributed by atoms with E-state index in [4.69, 9.17) is 14.2 Å². The molecule has 2 atom stereocenters. The first-order valence-corrected chi connectivity index (χ1v) is 10.3. The van der Waals surface area contributed by atoms with Gasteiger partial charge >= 0.3 is 0 Å². The largest absolute Gasteiger partial charge is 0.493 e. The Labute approximate surface area is 178 Å². The van der Waals surface area contributed by atoms with Crippen LogP contribution >= 0.6 is 11.8 Å². The number of carbonyl (C=O) groups excluding carboxylic acids is 2. The van der Waals surface area contributed by atoms with Crippen LogP contribution in [0.1, 0.15) is 5.56 Å². The van der Waals surface area contributed by atoms with Gasteiger partial charge in [0.2, 0.25) is 17.6 Å². The zero-order chi connectivity index (χ0) is 21.7. The highest BCUT2D eigenvalue weighted by Crippen LogP contribution is 2.40. The molecule has 1 fully saturated rings. The van der Waals surface area contributed by atoms with E-state index < -0.39 is 6.04 Å². The summed E-state index contributed by atoms with van der Waals surface area (Å²) >= 11 is 1.40. The number of halogens is 1. The molecule has 1 heterocycles. The molecule has 160 valence electrons. The molecule has 0 radical (unpaired) electrons. The van der Waals surface area contributed by atoms with E-state index in [1.54, 1.807) is 24.3 Å². The van der Waals surface area contributed by atoms with Crippen molar-refractivity contribution in [3.8, 4) is 17.2 Å². The third-order valence-corrected chi connectivity index (χ3v) is 5.97. The van der Waals surface area contributed by atoms with Crippen LogP contribution < -0.4 is 24.8 Å². The highest BCUT2D eigenvalue weighted by Gasteiger charge is 2.32. The molecule has 9 heteroatoms. The Morgan fingerprint density at radius 3 is 2.30 bits per heavy atom. The molecule has 2 aromatic carbocycles. The Kier molecular flexibility index (Phi) is 7.04. The van der Waals surface area contributed by atoms with Crippen LogP contribution in [0, 0.1) is 5.82 Å². The number of anilines is 1. The van der Waals surface area contributed by atoms with Gasteiger partial charge in [0.1, 0.15) is 11.9 Å². The lowest BCUT2D eigenvalue weighted by molar-refractivity contribution is -0.126. The van der Waals surface area contributed by atoms with Gasteiger partial charge in [0.05, 0.1) is 26.6 Å². The molecule has 0 unspecified atom stereocenters. The molecule has 2 amide bonds. The topological polar surface area (TPSA) is 85.9 Å². The second-order valence-corrected chi connectivity index (χ2v) is 7.85. The van der Waals surface area contributed by atoms with E-state index in [2.05, 4.69) is 10.6 Å². The van der Waals surface area contributed by atoms with Crippen molar-refractivity contribution in [2.75, 3.05) is 32.4 Å². The number of hydrogen-bond acceptors (Lipinski definition) is 6. The van der Waals surface area contributed by atoms with Crippen molar-refractivity contribution in [3.63, 3.8) is 0 Å². The van der Waals surface area contributed by atoms with Crippen LogP contribution in [0.2, 0.25) is 0 Å². The van der Waals surface area contributed by atoms with Gasteiger partial charge < -0.3 is 24.8 Å². The SMILES string of the molecule is COc1cc(NC(=O)[C@H]2CS[C@@H](Cc3ccc(F)cc3)C(=O)N2)cc(OC)c1OC. The van der Waals surface area contributed by atoms with Gasteiger partial charge in [-0.3, -0.25) is 9.59 Å². The van der Waals surface area contributed by atoms with Gasteiger partial charge in [-0.05, 0) is 24.1 Å².